The Bertz CT molecular complexity index is 2120. The van der Waals surface area contributed by atoms with Crippen LogP contribution in [0.5, 0.6) is 0 Å². The van der Waals surface area contributed by atoms with Gasteiger partial charge in [0.05, 0.1) is 16.8 Å². The fourth-order valence-corrected chi connectivity index (χ4v) is 6.33. The first-order chi connectivity index (χ1) is 24.5. The van der Waals surface area contributed by atoms with Gasteiger partial charge in [-0.05, 0) is 84.7 Å². The van der Waals surface area contributed by atoms with Gasteiger partial charge in [0.15, 0.2) is 17.3 Å². The summed E-state index contributed by atoms with van der Waals surface area (Å²) in [6.45, 7) is 1.40. The van der Waals surface area contributed by atoms with Gasteiger partial charge in [0.25, 0.3) is 11.8 Å². The standard InChI is InChI=1S/C38H34ClFN6O5/c1-44(2)20-18-41-36(48)25-15-13-24(14-16-25)27-5-3-6-29-28(27)17-19-45(35(29)33(47)21-23-9-11-26(12-10-23)38(50)51)37(49)31-22-46(43-42-31)32-8-4-7-30(39)34(32)40/h3-16,22,35H,17-21H2,1-2H3,(H,41,48)(H,50,51)/t35-/m1/s1. The van der Waals surface area contributed by atoms with Crippen LogP contribution in [0.4, 0.5) is 4.39 Å². The largest absolute Gasteiger partial charge is 0.478 e. The number of aromatic nitrogens is 3. The normalized spacial score (nSPS) is 13.9. The zero-order valence-corrected chi connectivity index (χ0v) is 28.6. The monoisotopic (exact) mass is 708 g/mol. The molecule has 51 heavy (non-hydrogen) atoms. The molecule has 2 N–H and O–H groups in total. The highest BCUT2D eigenvalue weighted by Crippen LogP contribution is 2.38. The van der Waals surface area contributed by atoms with E-state index in [2.05, 4.69) is 15.6 Å². The number of carbonyl (C=O) groups excluding carboxylic acids is 3. The number of nitrogens with zero attached hydrogens (tertiary/aromatic N) is 5. The van der Waals surface area contributed by atoms with E-state index in [0.29, 0.717) is 36.2 Å². The topological polar surface area (TPSA) is 138 Å². The van der Waals surface area contributed by atoms with Gasteiger partial charge in [-0.15, -0.1) is 5.10 Å². The highest BCUT2D eigenvalue weighted by Gasteiger charge is 2.38. The van der Waals surface area contributed by atoms with Crippen LogP contribution in [0.3, 0.4) is 0 Å². The van der Waals surface area contributed by atoms with E-state index >= 15 is 0 Å². The van der Waals surface area contributed by atoms with Gasteiger partial charge in [0.2, 0.25) is 0 Å². The molecule has 0 aliphatic carbocycles. The van der Waals surface area contributed by atoms with Gasteiger partial charge in [0.1, 0.15) is 11.7 Å². The van der Waals surface area contributed by atoms with Crippen LogP contribution in [0, 0.1) is 5.82 Å². The lowest BCUT2D eigenvalue weighted by molar-refractivity contribution is -0.123. The van der Waals surface area contributed by atoms with Gasteiger partial charge in [-0.1, -0.05) is 65.3 Å². The predicted molar refractivity (Wildman–Crippen MR) is 189 cm³/mol. The molecule has 11 nitrogen and oxygen atoms in total. The van der Waals surface area contributed by atoms with Gasteiger partial charge in [-0.3, -0.25) is 14.4 Å². The molecule has 1 aliphatic heterocycles. The number of amides is 2. The Labute approximate surface area is 298 Å². The number of ketones is 1. The number of aromatic carboxylic acids is 1. The van der Waals surface area contributed by atoms with E-state index in [1.807, 2.05) is 49.3 Å². The number of hydrogen-bond acceptors (Lipinski definition) is 7. The Morgan fingerprint density at radius 2 is 1.67 bits per heavy atom. The molecule has 1 aromatic heterocycles. The maximum Gasteiger partial charge on any atom is 0.335 e. The lowest BCUT2D eigenvalue weighted by Crippen LogP contribution is -2.44. The predicted octanol–water partition coefficient (Wildman–Crippen LogP) is 5.27. The molecule has 0 saturated carbocycles. The summed E-state index contributed by atoms with van der Waals surface area (Å²) in [7, 11) is 3.87. The summed E-state index contributed by atoms with van der Waals surface area (Å²) in [6.07, 6.45) is 1.64. The van der Waals surface area contributed by atoms with Crippen molar-refractivity contribution in [3.8, 4) is 16.8 Å². The smallest absolute Gasteiger partial charge is 0.335 e. The number of benzene rings is 4. The van der Waals surface area contributed by atoms with Gasteiger partial charge >= 0.3 is 5.97 Å². The Morgan fingerprint density at radius 3 is 2.37 bits per heavy atom. The highest BCUT2D eigenvalue weighted by atomic mass is 35.5. The summed E-state index contributed by atoms with van der Waals surface area (Å²) < 4.78 is 15.9. The van der Waals surface area contributed by atoms with Gasteiger partial charge in [0, 0.05) is 31.6 Å². The minimum atomic E-state index is -1.08. The molecule has 0 radical (unpaired) electrons. The average molecular weight is 709 g/mol. The average Bonchev–Trinajstić information content (AvgIpc) is 3.62. The number of rotatable bonds is 11. The number of nitrogens with one attached hydrogen (secondary N) is 1. The Balaban J connectivity index is 1.33. The van der Waals surface area contributed by atoms with Crippen molar-refractivity contribution in [3.63, 3.8) is 0 Å². The second-order valence-corrected chi connectivity index (χ2v) is 12.8. The molecule has 2 amide bonds. The lowest BCUT2D eigenvalue weighted by atomic mass is 9.83. The molecular weight excluding hydrogens is 675 g/mol. The SMILES string of the molecule is CN(C)CCNC(=O)c1ccc(-c2cccc3c2CCN(C(=O)c2cn(-c4cccc(Cl)c4F)nn2)[C@H]3C(=O)Cc2ccc(C(=O)O)cc2)cc1. The molecule has 0 spiro atoms. The Hall–Kier alpha value is -5.72. The van der Waals surface area contributed by atoms with Crippen molar-refractivity contribution in [1.29, 1.82) is 0 Å². The van der Waals surface area contributed by atoms with Crippen molar-refractivity contribution in [1.82, 2.24) is 30.1 Å². The Kier molecular flexibility index (Phi) is 10.4. The molecule has 0 fully saturated rings. The summed E-state index contributed by atoms with van der Waals surface area (Å²) in [5, 5.41) is 20.1. The van der Waals surface area contributed by atoms with E-state index in [4.69, 9.17) is 11.6 Å². The van der Waals surface area contributed by atoms with E-state index in [-0.39, 0.29) is 46.6 Å². The molecule has 6 rings (SSSR count). The van der Waals surface area contributed by atoms with Crippen LogP contribution >= 0.6 is 11.6 Å². The number of fused-ring (bicyclic) bond motifs is 1. The van der Waals surface area contributed by atoms with Crippen LogP contribution in [0.25, 0.3) is 16.8 Å². The van der Waals surface area contributed by atoms with Crippen LogP contribution in [-0.2, 0) is 17.6 Å². The summed E-state index contributed by atoms with van der Waals surface area (Å²) in [5.74, 6) is -2.83. The van der Waals surface area contributed by atoms with E-state index in [1.165, 1.54) is 35.4 Å². The third-order valence-corrected chi connectivity index (χ3v) is 9.05. The van der Waals surface area contributed by atoms with Crippen molar-refractivity contribution >= 4 is 35.2 Å². The first kappa shape index (κ1) is 35.1. The van der Waals surface area contributed by atoms with Crippen LogP contribution < -0.4 is 5.32 Å². The van der Waals surface area contributed by atoms with Crippen LogP contribution in [-0.4, -0.2) is 87.2 Å². The fourth-order valence-electron chi connectivity index (χ4n) is 6.16. The minimum Gasteiger partial charge on any atom is -0.478 e. The van der Waals surface area contributed by atoms with Gasteiger partial charge in [-0.25, -0.2) is 13.9 Å². The van der Waals surface area contributed by atoms with E-state index in [9.17, 15) is 28.7 Å². The summed E-state index contributed by atoms with van der Waals surface area (Å²) >= 11 is 5.96. The third-order valence-electron chi connectivity index (χ3n) is 8.76. The maximum atomic E-state index is 14.8. The van der Waals surface area contributed by atoms with Gasteiger partial charge < -0.3 is 20.2 Å². The first-order valence-electron chi connectivity index (χ1n) is 16.2. The van der Waals surface area contributed by atoms with Crippen molar-refractivity contribution in [3.05, 3.63) is 135 Å². The molecule has 4 aromatic carbocycles. The van der Waals surface area contributed by atoms with Crippen LogP contribution in [0.15, 0.2) is 91.1 Å². The molecule has 0 bridgehead atoms. The third kappa shape index (κ3) is 7.57. The van der Waals surface area contributed by atoms with E-state index in [0.717, 1.165) is 21.4 Å². The summed E-state index contributed by atoms with van der Waals surface area (Å²) in [6, 6.07) is 22.2. The van der Waals surface area contributed by atoms with Crippen molar-refractivity contribution < 1.29 is 28.7 Å². The zero-order chi connectivity index (χ0) is 36.2. The first-order valence-corrected chi connectivity index (χ1v) is 16.6. The summed E-state index contributed by atoms with van der Waals surface area (Å²) in [5.41, 5.74) is 4.35. The number of carboxylic acids is 1. The van der Waals surface area contributed by atoms with Crippen molar-refractivity contribution in [2.45, 2.75) is 18.9 Å². The molecule has 5 aromatic rings. The summed E-state index contributed by atoms with van der Waals surface area (Å²) in [4.78, 5) is 55.8. The van der Waals surface area contributed by atoms with Crippen molar-refractivity contribution in [2.75, 3.05) is 33.7 Å². The second kappa shape index (κ2) is 15.0. The van der Waals surface area contributed by atoms with E-state index in [1.54, 1.807) is 30.3 Å². The maximum absolute atomic E-state index is 14.8. The van der Waals surface area contributed by atoms with Crippen LogP contribution in [0.2, 0.25) is 5.02 Å². The molecule has 260 valence electrons. The quantitative estimate of drug-likeness (QED) is 0.190. The molecule has 2 heterocycles. The molecular formula is C38H34ClFN6O5. The van der Waals surface area contributed by atoms with Crippen LogP contribution in [0.1, 0.15) is 53.9 Å². The molecule has 0 saturated heterocycles. The molecule has 1 atom stereocenters. The van der Waals surface area contributed by atoms with Crippen molar-refractivity contribution in [2.24, 2.45) is 0 Å². The number of carboxylic acid groups (broad SMARTS) is 1. The highest BCUT2D eigenvalue weighted by molar-refractivity contribution is 6.30. The molecule has 1 aliphatic rings. The molecule has 0 unspecified atom stereocenters. The fraction of sp³-hybridized carbons (Fsp3) is 0.211. The zero-order valence-electron chi connectivity index (χ0n) is 27.8. The number of Topliss-reactive ketones (excluding diaryl/α,β-unsaturated/α-hetero) is 1. The van der Waals surface area contributed by atoms with E-state index < -0.39 is 23.7 Å². The number of carbonyl (C=O) groups is 4. The Morgan fingerprint density at radius 1 is 0.961 bits per heavy atom. The lowest BCUT2D eigenvalue weighted by Gasteiger charge is -2.37. The molecule has 13 heteroatoms. The van der Waals surface area contributed by atoms with Gasteiger partial charge in [-0.2, -0.15) is 0 Å². The second-order valence-electron chi connectivity index (χ2n) is 12.4. The number of halogens is 2. The minimum absolute atomic E-state index is 0.0113. The number of likely N-dealkylation sites (N-methyl/N-ethyl adjacent to an activating group) is 1. The number of hydrogen-bond donors (Lipinski definition) is 2.